The van der Waals surface area contributed by atoms with Gasteiger partial charge in [-0.2, -0.15) is 0 Å². The summed E-state index contributed by atoms with van der Waals surface area (Å²) in [7, 11) is -3.36. The van der Waals surface area contributed by atoms with E-state index in [-0.39, 0.29) is 17.6 Å². The molecule has 1 N–H and O–H groups in total. The van der Waals surface area contributed by atoms with Gasteiger partial charge in [0.1, 0.15) is 0 Å². The van der Waals surface area contributed by atoms with Crippen LogP contribution in [0.4, 0.5) is 0 Å². The van der Waals surface area contributed by atoms with Crippen LogP contribution in [0.1, 0.15) is 29.5 Å². The van der Waals surface area contributed by atoms with Crippen LogP contribution in [-0.2, 0) is 20.6 Å². The number of carbonyl (C=O) groups excluding carboxylic acids is 1. The van der Waals surface area contributed by atoms with E-state index < -0.39 is 10.0 Å². The molecule has 0 bridgehead atoms. The summed E-state index contributed by atoms with van der Waals surface area (Å²) in [5, 5.41) is 3.01. The first-order valence-corrected chi connectivity index (χ1v) is 12.9. The van der Waals surface area contributed by atoms with E-state index in [0.717, 1.165) is 16.9 Å². The highest BCUT2D eigenvalue weighted by Gasteiger charge is 2.31. The van der Waals surface area contributed by atoms with Crippen LogP contribution >= 0.6 is 11.8 Å². The van der Waals surface area contributed by atoms with Gasteiger partial charge < -0.3 is 5.32 Å². The van der Waals surface area contributed by atoms with Crippen LogP contribution in [0.5, 0.6) is 0 Å². The maximum Gasteiger partial charge on any atom is 0.223 e. The predicted octanol–water partition coefficient (Wildman–Crippen LogP) is 3.75. The Bertz CT molecular complexity index is 951. The summed E-state index contributed by atoms with van der Waals surface area (Å²) in [4.78, 5) is 13.7. The SMILES string of the molecule is Cc1ccc(SCCNC(=O)C2CCN(S(=O)(=O)Cc3ccccc3C)CC2)cc1. The first-order valence-electron chi connectivity index (χ1n) is 10.3. The third-order valence-corrected chi connectivity index (χ3v) is 8.35. The molecule has 0 saturated carbocycles. The second kappa shape index (κ2) is 10.5. The zero-order valence-electron chi connectivity index (χ0n) is 17.6. The molecule has 1 fully saturated rings. The van der Waals surface area contributed by atoms with Gasteiger partial charge in [0.05, 0.1) is 5.75 Å². The fourth-order valence-corrected chi connectivity index (χ4v) is 6.01. The van der Waals surface area contributed by atoms with Gasteiger partial charge in [0, 0.05) is 36.2 Å². The van der Waals surface area contributed by atoms with Crippen molar-refractivity contribution in [2.45, 2.75) is 37.3 Å². The lowest BCUT2D eigenvalue weighted by Gasteiger charge is -2.30. The third-order valence-electron chi connectivity index (χ3n) is 5.51. The highest BCUT2D eigenvalue weighted by molar-refractivity contribution is 7.99. The largest absolute Gasteiger partial charge is 0.355 e. The van der Waals surface area contributed by atoms with Gasteiger partial charge in [-0.1, -0.05) is 42.0 Å². The molecule has 30 heavy (non-hydrogen) atoms. The lowest BCUT2D eigenvalue weighted by molar-refractivity contribution is -0.125. The Balaban J connectivity index is 1.41. The number of hydrogen-bond acceptors (Lipinski definition) is 4. The van der Waals surface area contributed by atoms with Crippen molar-refractivity contribution in [2.75, 3.05) is 25.4 Å². The standard InChI is InChI=1S/C23H30N2O3S2/c1-18-7-9-22(10-8-18)29-16-13-24-23(26)20-11-14-25(15-12-20)30(27,28)17-21-6-4-3-5-19(21)2/h3-10,20H,11-17H2,1-2H3,(H,24,26). The van der Waals surface area contributed by atoms with Crippen LogP contribution in [-0.4, -0.2) is 44.0 Å². The average molecular weight is 447 g/mol. The summed E-state index contributed by atoms with van der Waals surface area (Å²) >= 11 is 1.72. The Labute approximate surface area is 184 Å². The van der Waals surface area contributed by atoms with Crippen molar-refractivity contribution in [3.63, 3.8) is 0 Å². The molecule has 7 heteroatoms. The zero-order valence-corrected chi connectivity index (χ0v) is 19.3. The zero-order chi connectivity index (χ0) is 21.6. The lowest BCUT2D eigenvalue weighted by Crippen LogP contribution is -2.43. The van der Waals surface area contributed by atoms with E-state index in [1.807, 2.05) is 31.2 Å². The molecule has 0 spiro atoms. The van der Waals surface area contributed by atoms with Crippen LogP contribution in [0.3, 0.4) is 0 Å². The van der Waals surface area contributed by atoms with Gasteiger partial charge in [0.15, 0.2) is 0 Å². The number of sulfonamides is 1. The summed E-state index contributed by atoms with van der Waals surface area (Å²) in [6, 6.07) is 15.9. The fourth-order valence-electron chi connectivity index (χ4n) is 3.58. The molecule has 1 amide bonds. The van der Waals surface area contributed by atoms with Crippen molar-refractivity contribution in [3.8, 4) is 0 Å². The van der Waals surface area contributed by atoms with Gasteiger partial charge in [-0.05, 0) is 49.9 Å². The first kappa shape index (κ1) is 22.8. The van der Waals surface area contributed by atoms with Gasteiger partial charge in [-0.15, -0.1) is 11.8 Å². The number of nitrogens with one attached hydrogen (secondary N) is 1. The Kier molecular flexibility index (Phi) is 7.97. The minimum atomic E-state index is -3.36. The molecule has 1 heterocycles. The van der Waals surface area contributed by atoms with Crippen molar-refractivity contribution >= 4 is 27.7 Å². The molecule has 0 atom stereocenters. The molecule has 0 unspecified atom stereocenters. The normalized spacial score (nSPS) is 15.8. The molecule has 0 aromatic heterocycles. The minimum Gasteiger partial charge on any atom is -0.355 e. The highest BCUT2D eigenvalue weighted by Crippen LogP contribution is 2.23. The van der Waals surface area contributed by atoms with Gasteiger partial charge in [-0.3, -0.25) is 4.79 Å². The Morgan fingerprint density at radius 3 is 2.40 bits per heavy atom. The number of aryl methyl sites for hydroxylation is 2. The van der Waals surface area contributed by atoms with E-state index in [1.54, 1.807) is 11.8 Å². The van der Waals surface area contributed by atoms with Crippen molar-refractivity contribution in [2.24, 2.45) is 5.92 Å². The second-order valence-electron chi connectivity index (χ2n) is 7.81. The van der Waals surface area contributed by atoms with Gasteiger partial charge in [0.25, 0.3) is 0 Å². The first-order chi connectivity index (χ1) is 14.3. The number of amides is 1. The van der Waals surface area contributed by atoms with Crippen molar-refractivity contribution in [1.29, 1.82) is 0 Å². The topological polar surface area (TPSA) is 66.5 Å². The van der Waals surface area contributed by atoms with Gasteiger partial charge in [0.2, 0.25) is 15.9 Å². The lowest BCUT2D eigenvalue weighted by atomic mass is 9.97. The van der Waals surface area contributed by atoms with E-state index in [9.17, 15) is 13.2 Å². The number of thioether (sulfide) groups is 1. The quantitative estimate of drug-likeness (QED) is 0.495. The smallest absolute Gasteiger partial charge is 0.223 e. The monoisotopic (exact) mass is 446 g/mol. The van der Waals surface area contributed by atoms with Crippen LogP contribution < -0.4 is 5.32 Å². The summed E-state index contributed by atoms with van der Waals surface area (Å²) in [6.45, 7) is 5.42. The summed E-state index contributed by atoms with van der Waals surface area (Å²) in [5.74, 6) is 0.764. The average Bonchev–Trinajstić information content (AvgIpc) is 2.74. The Morgan fingerprint density at radius 2 is 1.73 bits per heavy atom. The molecule has 1 aliphatic heterocycles. The van der Waals surface area contributed by atoms with Crippen LogP contribution in [0.15, 0.2) is 53.4 Å². The third kappa shape index (κ3) is 6.33. The molecule has 2 aromatic carbocycles. The second-order valence-corrected chi connectivity index (χ2v) is 10.9. The molecule has 0 aliphatic carbocycles. The summed E-state index contributed by atoms with van der Waals surface area (Å²) < 4.78 is 27.1. The van der Waals surface area contributed by atoms with Gasteiger partial charge >= 0.3 is 0 Å². The van der Waals surface area contributed by atoms with Crippen LogP contribution in [0.25, 0.3) is 0 Å². The summed E-state index contributed by atoms with van der Waals surface area (Å²) in [6.07, 6.45) is 1.15. The molecular weight excluding hydrogens is 416 g/mol. The van der Waals surface area contributed by atoms with Crippen LogP contribution in [0.2, 0.25) is 0 Å². The van der Waals surface area contributed by atoms with Crippen molar-refractivity contribution in [1.82, 2.24) is 9.62 Å². The molecule has 3 rings (SSSR count). The maximum absolute atomic E-state index is 12.8. The van der Waals surface area contributed by atoms with E-state index in [4.69, 9.17) is 0 Å². The Hall–Kier alpha value is -1.83. The van der Waals surface area contributed by atoms with E-state index in [2.05, 4.69) is 36.5 Å². The molecule has 2 aromatic rings. The number of hydrogen-bond donors (Lipinski definition) is 1. The van der Waals surface area contributed by atoms with E-state index in [0.29, 0.717) is 32.5 Å². The number of piperidine rings is 1. The molecule has 5 nitrogen and oxygen atoms in total. The number of carbonyl (C=O) groups is 1. The molecule has 162 valence electrons. The molecular formula is C23H30N2O3S2. The van der Waals surface area contributed by atoms with Crippen molar-refractivity contribution < 1.29 is 13.2 Å². The molecule has 0 radical (unpaired) electrons. The maximum atomic E-state index is 12.8. The summed E-state index contributed by atoms with van der Waals surface area (Å²) in [5.41, 5.74) is 3.06. The number of nitrogens with zero attached hydrogens (tertiary/aromatic N) is 1. The predicted molar refractivity (Wildman–Crippen MR) is 123 cm³/mol. The molecule has 1 aliphatic rings. The fraction of sp³-hybridized carbons (Fsp3) is 0.435. The van der Waals surface area contributed by atoms with Crippen LogP contribution in [0, 0.1) is 19.8 Å². The van der Waals surface area contributed by atoms with Gasteiger partial charge in [-0.25, -0.2) is 12.7 Å². The molecule has 1 saturated heterocycles. The Morgan fingerprint density at radius 1 is 1.07 bits per heavy atom. The van der Waals surface area contributed by atoms with E-state index >= 15 is 0 Å². The highest BCUT2D eigenvalue weighted by atomic mass is 32.2. The minimum absolute atomic E-state index is 0.0206. The number of rotatable bonds is 8. The number of benzene rings is 2. The van der Waals surface area contributed by atoms with Crippen molar-refractivity contribution in [3.05, 3.63) is 65.2 Å². The van der Waals surface area contributed by atoms with E-state index in [1.165, 1.54) is 14.8 Å².